The molecule has 0 fully saturated rings. The molecule has 2 aromatic carbocycles. The molecule has 1 N–H and O–H groups in total. The van der Waals surface area contributed by atoms with Crippen LogP contribution in [0, 0.1) is 5.92 Å². The van der Waals surface area contributed by atoms with Gasteiger partial charge in [-0.2, -0.15) is 0 Å². The summed E-state index contributed by atoms with van der Waals surface area (Å²) in [6.45, 7) is 0. The van der Waals surface area contributed by atoms with Gasteiger partial charge in [-0.25, -0.2) is 0 Å². The minimum atomic E-state index is -0.573. The summed E-state index contributed by atoms with van der Waals surface area (Å²) in [5, 5.41) is 10.6. The maximum atomic E-state index is 12.8. The van der Waals surface area contributed by atoms with E-state index in [0.717, 1.165) is 21.5 Å². The van der Waals surface area contributed by atoms with Gasteiger partial charge in [0.1, 0.15) is 0 Å². The Morgan fingerprint density at radius 1 is 0.966 bits per heavy atom. The summed E-state index contributed by atoms with van der Waals surface area (Å²) in [7, 11) is 3.99. The van der Waals surface area contributed by atoms with Crippen molar-refractivity contribution in [2.45, 2.75) is 0 Å². The van der Waals surface area contributed by atoms with E-state index in [1.165, 1.54) is 10.1 Å². The molecule has 2 heterocycles. The molecule has 0 saturated heterocycles. The number of para-hydroxylation sites is 2. The second-order valence-electron chi connectivity index (χ2n) is 7.29. The van der Waals surface area contributed by atoms with Gasteiger partial charge < -0.3 is 0 Å². The number of benzene rings is 2. The summed E-state index contributed by atoms with van der Waals surface area (Å²) in [6.07, 6.45) is 7.75. The van der Waals surface area contributed by atoms with Crippen LogP contribution >= 0.6 is 0 Å². The molecule has 1 aliphatic carbocycles. The van der Waals surface area contributed by atoms with Crippen molar-refractivity contribution in [3.05, 3.63) is 93.9 Å². The molecule has 2 aliphatic heterocycles. The average Bonchev–Trinajstić information content (AvgIpc) is 3.07. The molecule has 0 aromatic heterocycles. The van der Waals surface area contributed by atoms with Gasteiger partial charge in [0, 0.05) is 0 Å². The standard InChI is InChI=1S/C24H20N2O2Se/c1-25-16(12-11-15-7-3-4-8-19(15)25)13-17-23(27)18(24(17)28)14-22-26(2)20-9-5-6-10-21(20)29-22/h3-14,17,27H,1-2H3/b16-13+,22-14-. The Morgan fingerprint density at radius 2 is 1.69 bits per heavy atom. The second kappa shape index (κ2) is 6.80. The zero-order valence-corrected chi connectivity index (χ0v) is 17.9. The van der Waals surface area contributed by atoms with Crippen LogP contribution in [0.15, 0.2) is 88.4 Å². The van der Waals surface area contributed by atoms with Gasteiger partial charge in [-0.05, 0) is 0 Å². The van der Waals surface area contributed by atoms with Crippen LogP contribution in [0.4, 0.5) is 11.4 Å². The molecular weight excluding hydrogens is 427 g/mol. The molecule has 29 heavy (non-hydrogen) atoms. The van der Waals surface area contributed by atoms with Crippen molar-refractivity contribution in [3.8, 4) is 0 Å². The number of likely N-dealkylation sites (N-methyl/N-ethyl adjacent to an activating group) is 1. The van der Waals surface area contributed by atoms with E-state index in [-0.39, 0.29) is 26.5 Å². The molecule has 1 unspecified atom stereocenters. The van der Waals surface area contributed by atoms with Gasteiger partial charge in [0.25, 0.3) is 0 Å². The predicted octanol–water partition coefficient (Wildman–Crippen LogP) is 3.37. The molecule has 144 valence electrons. The molecule has 0 saturated carbocycles. The summed E-state index contributed by atoms with van der Waals surface area (Å²) in [4.78, 5) is 17.0. The fraction of sp³-hybridized carbons (Fsp3) is 0.125. The Hall–Kier alpha value is -3.01. The Bertz CT molecular complexity index is 1160. The summed E-state index contributed by atoms with van der Waals surface area (Å²) in [6, 6.07) is 16.4. The second-order valence-corrected chi connectivity index (χ2v) is 9.52. The van der Waals surface area contributed by atoms with Crippen molar-refractivity contribution in [2.75, 3.05) is 23.9 Å². The van der Waals surface area contributed by atoms with Crippen LogP contribution in [0.1, 0.15) is 5.56 Å². The molecule has 0 spiro atoms. The van der Waals surface area contributed by atoms with E-state index in [0.29, 0.717) is 5.57 Å². The molecule has 3 aliphatic rings. The summed E-state index contributed by atoms with van der Waals surface area (Å²) in [5.41, 5.74) is 4.76. The van der Waals surface area contributed by atoms with Gasteiger partial charge >= 0.3 is 176 Å². The first-order valence-electron chi connectivity index (χ1n) is 9.47. The van der Waals surface area contributed by atoms with E-state index in [1.54, 1.807) is 0 Å². The molecule has 0 amide bonds. The molecular formula is C24H20N2O2Se. The zero-order chi connectivity index (χ0) is 20.1. The first-order valence-corrected chi connectivity index (χ1v) is 11.2. The van der Waals surface area contributed by atoms with Gasteiger partial charge in [0.05, 0.1) is 0 Å². The number of ketones is 1. The van der Waals surface area contributed by atoms with E-state index in [4.69, 9.17) is 0 Å². The number of hydrogen-bond donors (Lipinski definition) is 1. The van der Waals surface area contributed by atoms with Gasteiger partial charge in [0.15, 0.2) is 0 Å². The predicted molar refractivity (Wildman–Crippen MR) is 118 cm³/mol. The monoisotopic (exact) mass is 448 g/mol. The number of carbonyl (C=O) groups excluding carboxylic acids is 1. The number of aliphatic hydroxyl groups is 1. The number of rotatable bonds is 2. The van der Waals surface area contributed by atoms with Gasteiger partial charge in [-0.3, -0.25) is 0 Å². The Labute approximate surface area is 176 Å². The van der Waals surface area contributed by atoms with Crippen molar-refractivity contribution in [1.29, 1.82) is 0 Å². The van der Waals surface area contributed by atoms with E-state index in [1.807, 2.05) is 62.7 Å². The third-order valence-corrected chi connectivity index (χ3v) is 8.06. The van der Waals surface area contributed by atoms with Crippen LogP contribution in [0.5, 0.6) is 0 Å². The van der Waals surface area contributed by atoms with Crippen molar-refractivity contribution >= 4 is 42.7 Å². The molecule has 1 atom stereocenters. The maximum absolute atomic E-state index is 12.8. The molecule has 5 heteroatoms. The van der Waals surface area contributed by atoms with Crippen LogP contribution in [0.25, 0.3) is 6.08 Å². The van der Waals surface area contributed by atoms with E-state index in [2.05, 4.69) is 34.1 Å². The van der Waals surface area contributed by atoms with Crippen LogP contribution in [0.3, 0.4) is 0 Å². The van der Waals surface area contributed by atoms with Gasteiger partial charge in [0.2, 0.25) is 0 Å². The SMILES string of the molecule is CN1/C(=C/C2=C(O)C(/C=C3\C=Cc4ccccc4N3C)C2=O)[Se]c2ccccc21. The number of anilines is 2. The van der Waals surface area contributed by atoms with E-state index in [9.17, 15) is 9.90 Å². The quantitative estimate of drug-likeness (QED) is 0.718. The van der Waals surface area contributed by atoms with E-state index < -0.39 is 5.92 Å². The Kier molecular flexibility index (Phi) is 4.23. The van der Waals surface area contributed by atoms with Crippen molar-refractivity contribution in [1.82, 2.24) is 0 Å². The van der Waals surface area contributed by atoms with Crippen molar-refractivity contribution in [2.24, 2.45) is 5.92 Å². The number of aliphatic hydroxyl groups excluding tert-OH is 1. The minimum absolute atomic E-state index is 0.0247. The normalized spacial score (nSPS) is 23.0. The molecule has 0 radical (unpaired) electrons. The Balaban J connectivity index is 1.42. The first kappa shape index (κ1) is 18.0. The zero-order valence-electron chi connectivity index (χ0n) is 16.2. The third-order valence-electron chi connectivity index (χ3n) is 5.61. The van der Waals surface area contributed by atoms with E-state index >= 15 is 0 Å². The summed E-state index contributed by atoms with van der Waals surface area (Å²) in [5.74, 6) is -0.435. The first-order chi connectivity index (χ1) is 14.0. The van der Waals surface area contributed by atoms with Crippen LogP contribution in [-0.2, 0) is 4.79 Å². The Morgan fingerprint density at radius 3 is 2.45 bits per heavy atom. The summed E-state index contributed by atoms with van der Waals surface area (Å²) < 4.78 is 2.38. The van der Waals surface area contributed by atoms with Gasteiger partial charge in [-0.1, -0.05) is 0 Å². The van der Waals surface area contributed by atoms with Crippen molar-refractivity contribution < 1.29 is 9.90 Å². The molecule has 4 nitrogen and oxygen atoms in total. The number of Topliss-reactive ketones (excluding diaryl/α,β-unsaturated/α-hetero) is 1. The third kappa shape index (κ3) is 2.86. The molecule has 5 rings (SSSR count). The summed E-state index contributed by atoms with van der Waals surface area (Å²) >= 11 is 0.137. The fourth-order valence-corrected chi connectivity index (χ4v) is 6.17. The number of carbonyl (C=O) groups is 1. The van der Waals surface area contributed by atoms with Crippen molar-refractivity contribution in [3.63, 3.8) is 0 Å². The average molecular weight is 447 g/mol. The number of allylic oxidation sites excluding steroid dienone is 4. The fourth-order valence-electron chi connectivity index (χ4n) is 3.88. The number of fused-ring (bicyclic) bond motifs is 2. The number of nitrogens with zero attached hydrogens (tertiary/aromatic N) is 2. The van der Waals surface area contributed by atoms with Gasteiger partial charge in [-0.15, -0.1) is 0 Å². The molecule has 0 bridgehead atoms. The van der Waals surface area contributed by atoms with Crippen LogP contribution in [0.2, 0.25) is 0 Å². The van der Waals surface area contributed by atoms with Crippen LogP contribution < -0.4 is 14.3 Å². The topological polar surface area (TPSA) is 43.8 Å². The number of hydrogen-bond acceptors (Lipinski definition) is 4. The molecule has 2 aromatic rings. The van der Waals surface area contributed by atoms with Crippen LogP contribution in [-0.4, -0.2) is 39.9 Å².